The van der Waals surface area contributed by atoms with E-state index in [0.29, 0.717) is 18.7 Å². The van der Waals surface area contributed by atoms with Crippen LogP contribution in [0.3, 0.4) is 0 Å². The summed E-state index contributed by atoms with van der Waals surface area (Å²) in [5.41, 5.74) is 2.22. The van der Waals surface area contributed by atoms with Gasteiger partial charge in [0.1, 0.15) is 0 Å². The SMILES string of the molecule is CCN(CC)C(=O)c1ccc(NCC(=O)Nc2ccccc2)cc1. The largest absolute Gasteiger partial charge is 0.376 e. The van der Waals surface area contributed by atoms with E-state index in [9.17, 15) is 9.59 Å². The minimum Gasteiger partial charge on any atom is -0.376 e. The molecule has 24 heavy (non-hydrogen) atoms. The number of benzene rings is 2. The molecular formula is C19H23N3O2. The van der Waals surface area contributed by atoms with Gasteiger partial charge in [-0.3, -0.25) is 9.59 Å². The number of para-hydroxylation sites is 1. The summed E-state index contributed by atoms with van der Waals surface area (Å²) >= 11 is 0. The molecule has 0 aromatic heterocycles. The summed E-state index contributed by atoms with van der Waals surface area (Å²) < 4.78 is 0. The van der Waals surface area contributed by atoms with Crippen LogP contribution in [0.15, 0.2) is 54.6 Å². The number of hydrogen-bond donors (Lipinski definition) is 2. The summed E-state index contributed by atoms with van der Waals surface area (Å²) in [5, 5.41) is 5.86. The van der Waals surface area contributed by atoms with Gasteiger partial charge in [-0.05, 0) is 50.2 Å². The molecule has 5 nitrogen and oxygen atoms in total. The predicted molar refractivity (Wildman–Crippen MR) is 97.3 cm³/mol. The molecule has 0 spiro atoms. The number of carbonyl (C=O) groups is 2. The molecule has 0 fully saturated rings. The van der Waals surface area contributed by atoms with Gasteiger partial charge in [0, 0.05) is 30.0 Å². The van der Waals surface area contributed by atoms with Crippen LogP contribution < -0.4 is 10.6 Å². The highest BCUT2D eigenvalue weighted by atomic mass is 16.2. The Balaban J connectivity index is 1.87. The van der Waals surface area contributed by atoms with Gasteiger partial charge in [-0.2, -0.15) is 0 Å². The maximum absolute atomic E-state index is 12.2. The van der Waals surface area contributed by atoms with E-state index in [2.05, 4.69) is 10.6 Å². The highest BCUT2D eigenvalue weighted by molar-refractivity contribution is 5.95. The van der Waals surface area contributed by atoms with Crippen LogP contribution in [0.4, 0.5) is 11.4 Å². The van der Waals surface area contributed by atoms with Crippen molar-refractivity contribution in [3.8, 4) is 0 Å². The van der Waals surface area contributed by atoms with E-state index in [-0.39, 0.29) is 18.4 Å². The molecule has 2 amide bonds. The summed E-state index contributed by atoms with van der Waals surface area (Å²) in [6, 6.07) is 16.5. The van der Waals surface area contributed by atoms with Crippen molar-refractivity contribution in [3.63, 3.8) is 0 Å². The van der Waals surface area contributed by atoms with Crippen molar-refractivity contribution in [1.29, 1.82) is 0 Å². The first-order chi connectivity index (χ1) is 11.6. The smallest absolute Gasteiger partial charge is 0.253 e. The summed E-state index contributed by atoms with van der Waals surface area (Å²) in [4.78, 5) is 25.9. The molecule has 0 bridgehead atoms. The number of carbonyl (C=O) groups excluding carboxylic acids is 2. The van der Waals surface area contributed by atoms with Gasteiger partial charge >= 0.3 is 0 Å². The van der Waals surface area contributed by atoms with Crippen molar-refractivity contribution in [3.05, 3.63) is 60.2 Å². The van der Waals surface area contributed by atoms with Gasteiger partial charge in [-0.1, -0.05) is 18.2 Å². The molecule has 0 heterocycles. The molecule has 0 saturated carbocycles. The summed E-state index contributed by atoms with van der Waals surface area (Å²) in [7, 11) is 0. The Morgan fingerprint density at radius 2 is 1.50 bits per heavy atom. The van der Waals surface area contributed by atoms with Crippen LogP contribution in [0.5, 0.6) is 0 Å². The molecule has 0 unspecified atom stereocenters. The molecule has 126 valence electrons. The Morgan fingerprint density at radius 3 is 2.08 bits per heavy atom. The van der Waals surface area contributed by atoms with E-state index in [1.54, 1.807) is 17.0 Å². The number of anilines is 2. The van der Waals surface area contributed by atoms with Gasteiger partial charge in [0.25, 0.3) is 5.91 Å². The lowest BCUT2D eigenvalue weighted by Gasteiger charge is -2.18. The quantitative estimate of drug-likeness (QED) is 0.821. The van der Waals surface area contributed by atoms with Gasteiger partial charge in [-0.25, -0.2) is 0 Å². The van der Waals surface area contributed by atoms with Gasteiger partial charge in [0.2, 0.25) is 5.91 Å². The number of amides is 2. The highest BCUT2D eigenvalue weighted by Crippen LogP contribution is 2.12. The van der Waals surface area contributed by atoms with Gasteiger partial charge < -0.3 is 15.5 Å². The Kier molecular flexibility index (Phi) is 6.37. The fraction of sp³-hybridized carbons (Fsp3) is 0.263. The molecule has 0 aliphatic carbocycles. The van der Waals surface area contributed by atoms with Gasteiger partial charge in [-0.15, -0.1) is 0 Å². The van der Waals surface area contributed by atoms with E-state index < -0.39 is 0 Å². The maximum Gasteiger partial charge on any atom is 0.253 e. The minimum absolute atomic E-state index is 0.0216. The van der Waals surface area contributed by atoms with Crippen LogP contribution in [-0.4, -0.2) is 36.3 Å². The van der Waals surface area contributed by atoms with Crippen molar-refractivity contribution in [2.45, 2.75) is 13.8 Å². The fourth-order valence-corrected chi connectivity index (χ4v) is 2.33. The normalized spacial score (nSPS) is 10.1. The fourth-order valence-electron chi connectivity index (χ4n) is 2.33. The van der Waals surface area contributed by atoms with Crippen molar-refractivity contribution < 1.29 is 9.59 Å². The van der Waals surface area contributed by atoms with Crippen molar-refractivity contribution in [2.75, 3.05) is 30.3 Å². The van der Waals surface area contributed by atoms with Gasteiger partial charge in [0.15, 0.2) is 0 Å². The lowest BCUT2D eigenvalue weighted by atomic mass is 10.2. The van der Waals surface area contributed by atoms with Crippen molar-refractivity contribution >= 4 is 23.2 Å². The predicted octanol–water partition coefficient (Wildman–Crippen LogP) is 3.22. The Morgan fingerprint density at radius 1 is 0.875 bits per heavy atom. The lowest BCUT2D eigenvalue weighted by Crippen LogP contribution is -2.30. The standard InChI is InChI=1S/C19H23N3O2/c1-3-22(4-2)19(24)15-10-12-16(13-11-15)20-14-18(23)21-17-8-6-5-7-9-17/h5-13,20H,3-4,14H2,1-2H3,(H,21,23). The summed E-state index contributed by atoms with van der Waals surface area (Å²) in [6.07, 6.45) is 0. The maximum atomic E-state index is 12.2. The van der Waals surface area contributed by atoms with E-state index in [4.69, 9.17) is 0 Å². The second-order valence-electron chi connectivity index (χ2n) is 5.32. The topological polar surface area (TPSA) is 61.4 Å². The molecule has 2 aromatic carbocycles. The zero-order chi connectivity index (χ0) is 17.4. The van der Waals surface area contributed by atoms with Crippen LogP contribution in [0.1, 0.15) is 24.2 Å². The number of hydrogen-bond acceptors (Lipinski definition) is 3. The van der Waals surface area contributed by atoms with Gasteiger partial charge in [0.05, 0.1) is 6.54 Å². The van der Waals surface area contributed by atoms with Crippen LogP contribution in [-0.2, 0) is 4.79 Å². The first-order valence-electron chi connectivity index (χ1n) is 8.12. The Bertz CT molecular complexity index is 665. The minimum atomic E-state index is -0.121. The molecule has 2 aromatic rings. The number of nitrogens with zero attached hydrogens (tertiary/aromatic N) is 1. The second kappa shape index (κ2) is 8.72. The van der Waals surface area contributed by atoms with Crippen molar-refractivity contribution in [1.82, 2.24) is 4.90 Å². The number of nitrogens with one attached hydrogen (secondary N) is 2. The van der Waals surface area contributed by atoms with Crippen LogP contribution >= 0.6 is 0 Å². The monoisotopic (exact) mass is 325 g/mol. The molecular weight excluding hydrogens is 302 g/mol. The molecule has 0 aliphatic rings. The lowest BCUT2D eigenvalue weighted by molar-refractivity contribution is -0.114. The van der Waals surface area contributed by atoms with Crippen LogP contribution in [0.2, 0.25) is 0 Å². The molecule has 2 N–H and O–H groups in total. The molecule has 5 heteroatoms. The average Bonchev–Trinajstić information content (AvgIpc) is 2.62. The Hall–Kier alpha value is -2.82. The highest BCUT2D eigenvalue weighted by Gasteiger charge is 2.11. The Labute approximate surface area is 142 Å². The third-order valence-corrected chi connectivity index (χ3v) is 3.69. The van der Waals surface area contributed by atoms with E-state index in [1.165, 1.54) is 0 Å². The first-order valence-corrected chi connectivity index (χ1v) is 8.12. The number of rotatable bonds is 7. The third-order valence-electron chi connectivity index (χ3n) is 3.69. The summed E-state index contributed by atoms with van der Waals surface area (Å²) in [5.74, 6) is -0.0992. The zero-order valence-electron chi connectivity index (χ0n) is 14.1. The van der Waals surface area contributed by atoms with E-state index in [1.807, 2.05) is 56.3 Å². The zero-order valence-corrected chi connectivity index (χ0v) is 14.1. The first kappa shape index (κ1) is 17.5. The van der Waals surface area contributed by atoms with Crippen LogP contribution in [0.25, 0.3) is 0 Å². The molecule has 0 aliphatic heterocycles. The molecule has 0 radical (unpaired) electrons. The average molecular weight is 325 g/mol. The molecule has 0 saturated heterocycles. The molecule has 2 rings (SSSR count). The third kappa shape index (κ3) is 4.84. The van der Waals surface area contributed by atoms with E-state index >= 15 is 0 Å². The van der Waals surface area contributed by atoms with E-state index in [0.717, 1.165) is 11.4 Å². The van der Waals surface area contributed by atoms with Crippen LogP contribution in [0, 0.1) is 0 Å². The van der Waals surface area contributed by atoms with Crippen molar-refractivity contribution in [2.24, 2.45) is 0 Å². The summed E-state index contributed by atoms with van der Waals surface area (Å²) in [6.45, 7) is 5.47. The molecule has 0 atom stereocenters. The second-order valence-corrected chi connectivity index (χ2v) is 5.32.